The highest BCUT2D eigenvalue weighted by atomic mass is 19.1. The smallest absolute Gasteiger partial charge is 0.270 e. The van der Waals surface area contributed by atoms with E-state index in [0.29, 0.717) is 49.4 Å². The van der Waals surface area contributed by atoms with Crippen LogP contribution in [-0.4, -0.2) is 50.2 Å². The zero-order valence-electron chi connectivity index (χ0n) is 18.8. The lowest BCUT2D eigenvalue weighted by Gasteiger charge is -2.33. The summed E-state index contributed by atoms with van der Waals surface area (Å²) in [7, 11) is 1.91. The zero-order valence-corrected chi connectivity index (χ0v) is 18.8. The number of nitrogens with zero attached hydrogens (tertiary/aromatic N) is 3. The second-order valence-corrected chi connectivity index (χ2v) is 8.58. The number of nitrogens with one attached hydrogen (secondary N) is 1. The SMILES string of the molecule is CN(c1ccc(NC(=O)c2cc([N+](=O)[O-])ccc2N2CCOCC2)cc1F)C1CCCCC1. The van der Waals surface area contributed by atoms with Crippen LogP contribution in [0.4, 0.5) is 27.1 Å². The van der Waals surface area contributed by atoms with Crippen LogP contribution in [0.1, 0.15) is 42.5 Å². The highest BCUT2D eigenvalue weighted by Gasteiger charge is 2.24. The molecule has 8 nitrogen and oxygen atoms in total. The Morgan fingerprint density at radius 1 is 1.15 bits per heavy atom. The summed E-state index contributed by atoms with van der Waals surface area (Å²) < 4.78 is 20.3. The van der Waals surface area contributed by atoms with Crippen LogP contribution in [-0.2, 0) is 4.74 Å². The molecule has 0 atom stereocenters. The summed E-state index contributed by atoms with van der Waals surface area (Å²) in [6.45, 7) is 2.18. The first kappa shape index (κ1) is 23.0. The molecular weight excluding hydrogens is 427 g/mol. The fraction of sp³-hybridized carbons (Fsp3) is 0.458. The van der Waals surface area contributed by atoms with Crippen LogP contribution >= 0.6 is 0 Å². The van der Waals surface area contributed by atoms with Gasteiger partial charge in [-0.25, -0.2) is 4.39 Å². The minimum absolute atomic E-state index is 0.173. The number of ether oxygens (including phenoxy) is 1. The fourth-order valence-corrected chi connectivity index (χ4v) is 4.63. The first-order valence-electron chi connectivity index (χ1n) is 11.4. The Morgan fingerprint density at radius 3 is 2.55 bits per heavy atom. The molecule has 1 saturated heterocycles. The van der Waals surface area contributed by atoms with Gasteiger partial charge in [0.15, 0.2) is 0 Å². The summed E-state index contributed by atoms with van der Waals surface area (Å²) in [6, 6.07) is 9.20. The summed E-state index contributed by atoms with van der Waals surface area (Å²) >= 11 is 0. The molecule has 33 heavy (non-hydrogen) atoms. The quantitative estimate of drug-likeness (QED) is 0.505. The number of benzene rings is 2. The number of morpholine rings is 1. The zero-order chi connectivity index (χ0) is 23.4. The van der Waals surface area contributed by atoms with Crippen molar-refractivity contribution in [3.63, 3.8) is 0 Å². The highest BCUT2D eigenvalue weighted by molar-refractivity contribution is 6.08. The molecular formula is C24H29FN4O4. The maximum Gasteiger partial charge on any atom is 0.270 e. The van der Waals surface area contributed by atoms with E-state index in [2.05, 4.69) is 5.32 Å². The van der Waals surface area contributed by atoms with Crippen molar-refractivity contribution >= 4 is 28.7 Å². The van der Waals surface area contributed by atoms with Gasteiger partial charge in [0.05, 0.1) is 35.1 Å². The van der Waals surface area contributed by atoms with E-state index in [-0.39, 0.29) is 11.3 Å². The normalized spacial score (nSPS) is 17.0. The minimum Gasteiger partial charge on any atom is -0.378 e. The van der Waals surface area contributed by atoms with Gasteiger partial charge in [0, 0.05) is 44.0 Å². The Hall–Kier alpha value is -3.20. The Bertz CT molecular complexity index is 1020. The Balaban J connectivity index is 1.55. The molecule has 0 unspecified atom stereocenters. The Labute approximate surface area is 192 Å². The average Bonchev–Trinajstić information content (AvgIpc) is 2.84. The number of carbonyl (C=O) groups is 1. The molecule has 0 radical (unpaired) electrons. The first-order valence-corrected chi connectivity index (χ1v) is 11.4. The lowest BCUT2D eigenvalue weighted by atomic mass is 9.94. The molecule has 1 heterocycles. The van der Waals surface area contributed by atoms with Gasteiger partial charge in [0.25, 0.3) is 11.6 Å². The Morgan fingerprint density at radius 2 is 1.88 bits per heavy atom. The van der Waals surface area contributed by atoms with Gasteiger partial charge in [0.2, 0.25) is 0 Å². The molecule has 1 saturated carbocycles. The highest BCUT2D eigenvalue weighted by Crippen LogP contribution is 2.31. The molecule has 0 spiro atoms. The molecule has 4 rings (SSSR count). The van der Waals surface area contributed by atoms with Crippen molar-refractivity contribution in [2.75, 3.05) is 48.5 Å². The summed E-state index contributed by atoms with van der Waals surface area (Å²) in [5.41, 5.74) is 1.40. The van der Waals surface area contributed by atoms with E-state index in [1.807, 2.05) is 16.8 Å². The molecule has 2 aromatic rings. The van der Waals surface area contributed by atoms with Gasteiger partial charge >= 0.3 is 0 Å². The summed E-state index contributed by atoms with van der Waals surface area (Å²) in [4.78, 5) is 27.8. The number of hydrogen-bond acceptors (Lipinski definition) is 6. The predicted molar refractivity (Wildman–Crippen MR) is 126 cm³/mol. The average molecular weight is 457 g/mol. The topological polar surface area (TPSA) is 88.0 Å². The van der Waals surface area contributed by atoms with E-state index in [1.54, 1.807) is 18.2 Å². The third-order valence-electron chi connectivity index (χ3n) is 6.50. The van der Waals surface area contributed by atoms with E-state index in [9.17, 15) is 19.3 Å². The number of nitro groups is 1. The largest absolute Gasteiger partial charge is 0.378 e. The van der Waals surface area contributed by atoms with Crippen molar-refractivity contribution in [3.8, 4) is 0 Å². The van der Waals surface area contributed by atoms with Crippen molar-refractivity contribution in [1.82, 2.24) is 0 Å². The van der Waals surface area contributed by atoms with Crippen LogP contribution in [0, 0.1) is 15.9 Å². The third kappa shape index (κ3) is 5.24. The van der Waals surface area contributed by atoms with Crippen molar-refractivity contribution < 1.29 is 18.8 Å². The summed E-state index contributed by atoms with van der Waals surface area (Å²) in [5.74, 6) is -0.929. The van der Waals surface area contributed by atoms with Crippen molar-refractivity contribution in [2.24, 2.45) is 0 Å². The van der Waals surface area contributed by atoms with Gasteiger partial charge in [-0.3, -0.25) is 14.9 Å². The second-order valence-electron chi connectivity index (χ2n) is 8.58. The molecule has 9 heteroatoms. The molecule has 1 aliphatic heterocycles. The number of nitro benzene ring substituents is 1. The third-order valence-corrected chi connectivity index (χ3v) is 6.50. The molecule has 1 amide bonds. The van der Waals surface area contributed by atoms with E-state index in [1.165, 1.54) is 24.6 Å². The van der Waals surface area contributed by atoms with Gasteiger partial charge in [-0.1, -0.05) is 19.3 Å². The van der Waals surface area contributed by atoms with Gasteiger partial charge < -0.3 is 19.9 Å². The standard InChI is InChI=1S/C24H29FN4O4/c1-27(18-5-3-2-4-6-18)23-9-7-17(15-21(23)25)26-24(30)20-16-19(29(31)32)8-10-22(20)28-11-13-33-14-12-28/h7-10,15-16,18H,2-6,11-14H2,1H3,(H,26,30). The van der Waals surface area contributed by atoms with Gasteiger partial charge in [-0.2, -0.15) is 0 Å². The molecule has 2 aliphatic rings. The van der Waals surface area contributed by atoms with Gasteiger partial charge in [0.1, 0.15) is 5.82 Å². The van der Waals surface area contributed by atoms with Crippen molar-refractivity contribution in [2.45, 2.75) is 38.1 Å². The van der Waals surface area contributed by atoms with Gasteiger partial charge in [-0.05, 0) is 37.1 Å². The number of non-ortho nitro benzene ring substituents is 1. The number of hydrogen-bond donors (Lipinski definition) is 1. The van der Waals surface area contributed by atoms with Crippen molar-refractivity contribution in [1.29, 1.82) is 0 Å². The van der Waals surface area contributed by atoms with E-state index >= 15 is 0 Å². The lowest BCUT2D eigenvalue weighted by Crippen LogP contribution is -2.37. The van der Waals surface area contributed by atoms with Crippen LogP contribution in [0.3, 0.4) is 0 Å². The maximum absolute atomic E-state index is 14.9. The monoisotopic (exact) mass is 456 g/mol. The number of halogens is 1. The number of rotatable bonds is 6. The molecule has 0 bridgehead atoms. The molecule has 1 N–H and O–H groups in total. The molecule has 0 aromatic heterocycles. The minimum atomic E-state index is -0.532. The predicted octanol–water partition coefficient (Wildman–Crippen LogP) is 4.59. The fourth-order valence-electron chi connectivity index (χ4n) is 4.63. The number of anilines is 3. The Kier molecular flexibility index (Phi) is 7.08. The van der Waals surface area contributed by atoms with Crippen LogP contribution in [0.5, 0.6) is 0 Å². The van der Waals surface area contributed by atoms with Crippen molar-refractivity contribution in [3.05, 3.63) is 57.9 Å². The summed E-state index contributed by atoms with van der Waals surface area (Å²) in [6.07, 6.45) is 5.62. The molecule has 2 aromatic carbocycles. The summed E-state index contributed by atoms with van der Waals surface area (Å²) in [5, 5.41) is 14.0. The van der Waals surface area contributed by atoms with Gasteiger partial charge in [-0.15, -0.1) is 0 Å². The van der Waals surface area contributed by atoms with Crippen LogP contribution in [0.2, 0.25) is 0 Å². The van der Waals surface area contributed by atoms with E-state index in [0.717, 1.165) is 25.7 Å². The molecule has 2 fully saturated rings. The van der Waals surface area contributed by atoms with Crippen LogP contribution in [0.15, 0.2) is 36.4 Å². The van der Waals surface area contributed by atoms with Crippen LogP contribution < -0.4 is 15.1 Å². The second kappa shape index (κ2) is 10.2. The molecule has 176 valence electrons. The number of amides is 1. The van der Waals surface area contributed by atoms with E-state index < -0.39 is 16.6 Å². The lowest BCUT2D eigenvalue weighted by molar-refractivity contribution is -0.384. The maximum atomic E-state index is 14.9. The molecule has 1 aliphatic carbocycles. The first-order chi connectivity index (χ1) is 15.9. The number of carbonyl (C=O) groups excluding carboxylic acids is 1. The van der Waals surface area contributed by atoms with Crippen LogP contribution in [0.25, 0.3) is 0 Å². The van der Waals surface area contributed by atoms with E-state index in [4.69, 9.17) is 4.74 Å².